The lowest BCUT2D eigenvalue weighted by Crippen LogP contribution is -2.30. The zero-order valence-corrected chi connectivity index (χ0v) is 17.2. The Kier molecular flexibility index (Phi) is 9.50. The molecule has 0 aliphatic carbocycles. The topological polar surface area (TPSA) is 50.8 Å². The first-order valence-corrected chi connectivity index (χ1v) is 10.2. The number of rotatable bonds is 9. The SMILES string of the molecule is CCOc1cc(C=CC(=O)NCCCN2CCCCCC2)cc(Cl)c1OC. The number of hydrogen-bond acceptors (Lipinski definition) is 4. The summed E-state index contributed by atoms with van der Waals surface area (Å²) in [6.07, 6.45) is 9.52. The van der Waals surface area contributed by atoms with E-state index in [1.807, 2.05) is 13.0 Å². The van der Waals surface area contributed by atoms with Crippen LogP contribution in [0.2, 0.25) is 5.02 Å². The molecule has 1 amide bonds. The van der Waals surface area contributed by atoms with Gasteiger partial charge in [-0.15, -0.1) is 0 Å². The van der Waals surface area contributed by atoms with Gasteiger partial charge in [0.05, 0.1) is 18.7 Å². The Morgan fingerprint density at radius 1 is 1.26 bits per heavy atom. The van der Waals surface area contributed by atoms with Gasteiger partial charge in [-0.25, -0.2) is 0 Å². The molecule has 1 aliphatic rings. The van der Waals surface area contributed by atoms with Crippen molar-refractivity contribution < 1.29 is 14.3 Å². The van der Waals surface area contributed by atoms with Gasteiger partial charge < -0.3 is 19.7 Å². The standard InChI is InChI=1S/C21H31ClN2O3/c1-3-27-19-16-17(15-18(22)21(19)26-2)9-10-20(25)23-11-8-14-24-12-6-4-5-7-13-24/h9-10,15-16H,3-8,11-14H2,1-2H3,(H,23,25). The Morgan fingerprint density at radius 3 is 2.67 bits per heavy atom. The van der Waals surface area contributed by atoms with Crippen LogP contribution in [-0.4, -0.2) is 50.7 Å². The van der Waals surface area contributed by atoms with E-state index in [1.165, 1.54) is 44.8 Å². The molecule has 1 saturated heterocycles. The van der Waals surface area contributed by atoms with Crippen LogP contribution in [0.4, 0.5) is 0 Å². The van der Waals surface area contributed by atoms with Gasteiger partial charge in [0, 0.05) is 12.6 Å². The molecule has 1 heterocycles. The number of hydrogen-bond donors (Lipinski definition) is 1. The predicted octanol–water partition coefficient (Wildman–Crippen LogP) is 4.14. The fourth-order valence-corrected chi connectivity index (χ4v) is 3.55. The van der Waals surface area contributed by atoms with Crippen molar-refractivity contribution in [1.82, 2.24) is 10.2 Å². The van der Waals surface area contributed by atoms with Crippen LogP contribution >= 0.6 is 11.6 Å². The molecule has 1 fully saturated rings. The lowest BCUT2D eigenvalue weighted by Gasteiger charge is -2.19. The number of halogens is 1. The van der Waals surface area contributed by atoms with Crippen LogP contribution in [0, 0.1) is 0 Å². The maximum Gasteiger partial charge on any atom is 0.243 e. The number of nitrogens with one attached hydrogen (secondary N) is 1. The number of benzene rings is 1. The van der Waals surface area contributed by atoms with E-state index < -0.39 is 0 Å². The highest BCUT2D eigenvalue weighted by Gasteiger charge is 2.11. The minimum Gasteiger partial charge on any atom is -0.491 e. The number of amides is 1. The van der Waals surface area contributed by atoms with E-state index in [9.17, 15) is 4.79 Å². The molecule has 0 saturated carbocycles. The van der Waals surface area contributed by atoms with E-state index in [-0.39, 0.29) is 5.91 Å². The average molecular weight is 395 g/mol. The van der Waals surface area contributed by atoms with Gasteiger partial charge >= 0.3 is 0 Å². The molecular formula is C21H31ClN2O3. The molecular weight excluding hydrogens is 364 g/mol. The van der Waals surface area contributed by atoms with E-state index in [2.05, 4.69) is 10.2 Å². The van der Waals surface area contributed by atoms with E-state index in [0.717, 1.165) is 18.5 Å². The van der Waals surface area contributed by atoms with Gasteiger partial charge in [-0.1, -0.05) is 24.4 Å². The summed E-state index contributed by atoms with van der Waals surface area (Å²) in [6.45, 7) is 6.53. The summed E-state index contributed by atoms with van der Waals surface area (Å²) in [6, 6.07) is 3.57. The van der Waals surface area contributed by atoms with E-state index in [0.29, 0.717) is 29.7 Å². The van der Waals surface area contributed by atoms with E-state index in [1.54, 1.807) is 19.3 Å². The summed E-state index contributed by atoms with van der Waals surface area (Å²) < 4.78 is 10.8. The lowest BCUT2D eigenvalue weighted by molar-refractivity contribution is -0.116. The monoisotopic (exact) mass is 394 g/mol. The highest BCUT2D eigenvalue weighted by atomic mass is 35.5. The molecule has 0 bridgehead atoms. The number of carbonyl (C=O) groups excluding carboxylic acids is 1. The molecule has 0 atom stereocenters. The first-order chi connectivity index (χ1) is 13.1. The Labute approximate surface area is 167 Å². The van der Waals surface area contributed by atoms with Gasteiger partial charge in [-0.3, -0.25) is 4.79 Å². The van der Waals surface area contributed by atoms with E-state index in [4.69, 9.17) is 21.1 Å². The van der Waals surface area contributed by atoms with Gasteiger partial charge in [0.15, 0.2) is 11.5 Å². The smallest absolute Gasteiger partial charge is 0.243 e. The molecule has 2 rings (SSSR count). The lowest BCUT2D eigenvalue weighted by atomic mass is 10.2. The van der Waals surface area contributed by atoms with Crippen LogP contribution in [0.5, 0.6) is 11.5 Å². The maximum absolute atomic E-state index is 12.0. The summed E-state index contributed by atoms with van der Waals surface area (Å²) >= 11 is 6.23. The molecule has 27 heavy (non-hydrogen) atoms. The minimum absolute atomic E-state index is 0.101. The minimum atomic E-state index is -0.101. The molecule has 0 spiro atoms. The zero-order chi connectivity index (χ0) is 19.5. The van der Waals surface area contributed by atoms with Crippen molar-refractivity contribution in [3.8, 4) is 11.5 Å². The predicted molar refractivity (Wildman–Crippen MR) is 111 cm³/mol. The first-order valence-electron chi connectivity index (χ1n) is 9.82. The largest absolute Gasteiger partial charge is 0.491 e. The van der Waals surface area contributed by atoms with Crippen molar-refractivity contribution >= 4 is 23.6 Å². The number of likely N-dealkylation sites (tertiary alicyclic amines) is 1. The first kappa shape index (κ1) is 21.6. The molecule has 0 radical (unpaired) electrons. The molecule has 1 aliphatic heterocycles. The summed E-state index contributed by atoms with van der Waals surface area (Å²) in [4.78, 5) is 14.5. The van der Waals surface area contributed by atoms with Gasteiger partial charge in [-0.05, 0) is 69.6 Å². The third-order valence-electron chi connectivity index (χ3n) is 4.61. The molecule has 1 aromatic carbocycles. The molecule has 150 valence electrons. The van der Waals surface area contributed by atoms with Crippen molar-refractivity contribution in [2.45, 2.75) is 39.0 Å². The summed E-state index contributed by atoms with van der Waals surface area (Å²) in [5.74, 6) is 0.981. The molecule has 6 heteroatoms. The van der Waals surface area contributed by atoms with Crippen molar-refractivity contribution in [3.05, 3.63) is 28.8 Å². The zero-order valence-electron chi connectivity index (χ0n) is 16.4. The highest BCUT2D eigenvalue weighted by Crippen LogP contribution is 2.36. The maximum atomic E-state index is 12.0. The molecule has 1 aromatic rings. The number of ether oxygens (including phenoxy) is 2. The van der Waals surface area contributed by atoms with Crippen LogP contribution in [0.15, 0.2) is 18.2 Å². The molecule has 1 N–H and O–H groups in total. The fraction of sp³-hybridized carbons (Fsp3) is 0.571. The number of nitrogens with zero attached hydrogens (tertiary/aromatic N) is 1. The Balaban J connectivity index is 1.80. The quantitative estimate of drug-likeness (QED) is 0.505. The second-order valence-electron chi connectivity index (χ2n) is 6.70. The average Bonchev–Trinajstić information content (AvgIpc) is 2.92. The molecule has 5 nitrogen and oxygen atoms in total. The second-order valence-corrected chi connectivity index (χ2v) is 7.11. The molecule has 0 aromatic heterocycles. The Bertz CT molecular complexity index is 626. The third kappa shape index (κ3) is 7.43. The van der Waals surface area contributed by atoms with Crippen LogP contribution in [-0.2, 0) is 4.79 Å². The van der Waals surface area contributed by atoms with E-state index >= 15 is 0 Å². The van der Waals surface area contributed by atoms with Gasteiger partial charge in [0.1, 0.15) is 0 Å². The number of carbonyl (C=O) groups is 1. The van der Waals surface area contributed by atoms with Crippen LogP contribution in [0.1, 0.15) is 44.6 Å². The summed E-state index contributed by atoms with van der Waals surface area (Å²) in [5, 5.41) is 3.40. The molecule has 0 unspecified atom stereocenters. The second kappa shape index (κ2) is 11.9. The van der Waals surface area contributed by atoms with Crippen molar-refractivity contribution in [1.29, 1.82) is 0 Å². The normalized spacial score (nSPS) is 15.5. The van der Waals surface area contributed by atoms with Crippen molar-refractivity contribution in [3.63, 3.8) is 0 Å². The fourth-order valence-electron chi connectivity index (χ4n) is 3.25. The van der Waals surface area contributed by atoms with Crippen molar-refractivity contribution in [2.75, 3.05) is 39.9 Å². The highest BCUT2D eigenvalue weighted by molar-refractivity contribution is 6.32. The van der Waals surface area contributed by atoms with Crippen LogP contribution < -0.4 is 14.8 Å². The van der Waals surface area contributed by atoms with Gasteiger partial charge in [0.2, 0.25) is 5.91 Å². The van der Waals surface area contributed by atoms with Gasteiger partial charge in [-0.2, -0.15) is 0 Å². The van der Waals surface area contributed by atoms with Gasteiger partial charge in [0.25, 0.3) is 0 Å². The summed E-state index contributed by atoms with van der Waals surface area (Å²) in [5.41, 5.74) is 0.795. The Morgan fingerprint density at radius 2 is 2.00 bits per heavy atom. The third-order valence-corrected chi connectivity index (χ3v) is 4.89. The van der Waals surface area contributed by atoms with Crippen molar-refractivity contribution in [2.24, 2.45) is 0 Å². The summed E-state index contributed by atoms with van der Waals surface area (Å²) in [7, 11) is 1.55. The van der Waals surface area contributed by atoms with Crippen LogP contribution in [0.25, 0.3) is 6.08 Å². The Hall–Kier alpha value is -1.72. The van der Waals surface area contributed by atoms with Crippen LogP contribution in [0.3, 0.4) is 0 Å². The number of methoxy groups -OCH3 is 1.